The lowest BCUT2D eigenvalue weighted by molar-refractivity contribution is -0.115. The Balaban J connectivity index is 1.99. The summed E-state index contributed by atoms with van der Waals surface area (Å²) < 4.78 is 0. The molecule has 0 saturated heterocycles. The molecule has 1 N–H and O–H groups in total. The molecule has 0 aliphatic carbocycles. The SMILES string of the molecule is CCN(CC)C(=O)c1ccc(NC(=O)Cc2ccc(Cl)c(Cl)c2)cc1. The van der Waals surface area contributed by atoms with E-state index in [1.165, 1.54) is 0 Å². The van der Waals surface area contributed by atoms with Gasteiger partial charge in [-0.3, -0.25) is 9.59 Å². The van der Waals surface area contributed by atoms with E-state index in [-0.39, 0.29) is 18.2 Å². The van der Waals surface area contributed by atoms with Crippen LogP contribution in [-0.4, -0.2) is 29.8 Å². The second-order valence-corrected chi connectivity index (χ2v) is 6.34. The Morgan fingerprint density at radius 1 is 0.960 bits per heavy atom. The Morgan fingerprint density at radius 2 is 1.60 bits per heavy atom. The summed E-state index contributed by atoms with van der Waals surface area (Å²) in [6, 6.07) is 12.0. The first kappa shape index (κ1) is 19.3. The van der Waals surface area contributed by atoms with Gasteiger partial charge in [0.15, 0.2) is 0 Å². The summed E-state index contributed by atoms with van der Waals surface area (Å²) in [5.74, 6) is -0.181. The van der Waals surface area contributed by atoms with Crippen LogP contribution in [0.4, 0.5) is 5.69 Å². The monoisotopic (exact) mass is 378 g/mol. The van der Waals surface area contributed by atoms with Crippen molar-refractivity contribution in [1.82, 2.24) is 4.90 Å². The Labute approximate surface area is 157 Å². The van der Waals surface area contributed by atoms with Crippen LogP contribution in [0.15, 0.2) is 42.5 Å². The van der Waals surface area contributed by atoms with Crippen molar-refractivity contribution in [2.75, 3.05) is 18.4 Å². The number of carbonyl (C=O) groups excluding carboxylic acids is 2. The number of carbonyl (C=O) groups is 2. The summed E-state index contributed by atoms with van der Waals surface area (Å²) >= 11 is 11.8. The summed E-state index contributed by atoms with van der Waals surface area (Å²) in [5.41, 5.74) is 2.02. The van der Waals surface area contributed by atoms with Gasteiger partial charge in [-0.05, 0) is 55.8 Å². The number of halogens is 2. The van der Waals surface area contributed by atoms with Crippen molar-refractivity contribution in [1.29, 1.82) is 0 Å². The minimum absolute atomic E-state index is 0.0151. The molecule has 0 heterocycles. The summed E-state index contributed by atoms with van der Waals surface area (Å²) in [6.45, 7) is 5.22. The van der Waals surface area contributed by atoms with Crippen LogP contribution >= 0.6 is 23.2 Å². The molecule has 6 heteroatoms. The first-order chi connectivity index (χ1) is 11.9. The molecule has 0 fully saturated rings. The highest BCUT2D eigenvalue weighted by atomic mass is 35.5. The molecule has 2 aromatic rings. The molecule has 0 bridgehead atoms. The lowest BCUT2D eigenvalue weighted by Crippen LogP contribution is -2.30. The predicted molar refractivity (Wildman–Crippen MR) is 102 cm³/mol. The van der Waals surface area contributed by atoms with Crippen molar-refractivity contribution >= 4 is 40.7 Å². The van der Waals surface area contributed by atoms with Gasteiger partial charge in [0.2, 0.25) is 5.91 Å². The number of nitrogens with zero attached hydrogens (tertiary/aromatic N) is 1. The van der Waals surface area contributed by atoms with Crippen molar-refractivity contribution in [3.63, 3.8) is 0 Å². The molecule has 4 nitrogen and oxygen atoms in total. The van der Waals surface area contributed by atoms with Gasteiger partial charge in [0.25, 0.3) is 5.91 Å². The highest BCUT2D eigenvalue weighted by molar-refractivity contribution is 6.42. The average Bonchev–Trinajstić information content (AvgIpc) is 2.59. The lowest BCUT2D eigenvalue weighted by Gasteiger charge is -2.18. The van der Waals surface area contributed by atoms with Crippen LogP contribution in [0.3, 0.4) is 0 Å². The van der Waals surface area contributed by atoms with Gasteiger partial charge < -0.3 is 10.2 Å². The van der Waals surface area contributed by atoms with E-state index < -0.39 is 0 Å². The molecule has 2 amide bonds. The maximum atomic E-state index is 12.3. The van der Waals surface area contributed by atoms with E-state index >= 15 is 0 Å². The topological polar surface area (TPSA) is 49.4 Å². The second kappa shape index (κ2) is 8.88. The second-order valence-electron chi connectivity index (χ2n) is 5.53. The van der Waals surface area contributed by atoms with Crippen LogP contribution in [-0.2, 0) is 11.2 Å². The zero-order chi connectivity index (χ0) is 18.4. The Hall–Kier alpha value is -2.04. The molecular formula is C19H20Cl2N2O2. The maximum Gasteiger partial charge on any atom is 0.253 e. The van der Waals surface area contributed by atoms with Gasteiger partial charge in [-0.1, -0.05) is 29.3 Å². The van der Waals surface area contributed by atoms with Crippen LogP contribution in [0.5, 0.6) is 0 Å². The Kier molecular flexibility index (Phi) is 6.85. The van der Waals surface area contributed by atoms with Crippen LogP contribution < -0.4 is 5.32 Å². The fraction of sp³-hybridized carbons (Fsp3) is 0.263. The molecule has 132 valence electrons. The van der Waals surface area contributed by atoms with Crippen LogP contribution in [0.25, 0.3) is 0 Å². The first-order valence-electron chi connectivity index (χ1n) is 8.07. The minimum atomic E-state index is -0.166. The van der Waals surface area contributed by atoms with E-state index in [2.05, 4.69) is 5.32 Å². The number of anilines is 1. The normalized spacial score (nSPS) is 10.4. The zero-order valence-corrected chi connectivity index (χ0v) is 15.7. The molecule has 2 rings (SSSR count). The van der Waals surface area contributed by atoms with Gasteiger partial charge >= 0.3 is 0 Å². The van der Waals surface area contributed by atoms with Gasteiger partial charge in [-0.2, -0.15) is 0 Å². The summed E-state index contributed by atoms with van der Waals surface area (Å²) in [4.78, 5) is 26.1. The molecule has 0 radical (unpaired) electrons. The fourth-order valence-corrected chi connectivity index (χ4v) is 2.75. The number of hydrogen-bond acceptors (Lipinski definition) is 2. The number of hydrogen-bond donors (Lipinski definition) is 1. The molecular weight excluding hydrogens is 359 g/mol. The number of nitrogens with one attached hydrogen (secondary N) is 1. The van der Waals surface area contributed by atoms with E-state index in [1.54, 1.807) is 47.4 Å². The molecule has 0 aromatic heterocycles. The molecule has 0 saturated carbocycles. The predicted octanol–water partition coefficient (Wildman–Crippen LogP) is 4.66. The molecule has 2 aromatic carbocycles. The minimum Gasteiger partial charge on any atom is -0.339 e. The van der Waals surface area contributed by atoms with Crippen molar-refractivity contribution in [2.24, 2.45) is 0 Å². The third-order valence-corrected chi connectivity index (χ3v) is 4.55. The highest BCUT2D eigenvalue weighted by Gasteiger charge is 2.12. The van der Waals surface area contributed by atoms with Gasteiger partial charge in [0.1, 0.15) is 0 Å². The standard InChI is InChI=1S/C19H20Cl2N2O2/c1-3-23(4-2)19(25)14-6-8-15(9-7-14)22-18(24)12-13-5-10-16(20)17(21)11-13/h5-11H,3-4,12H2,1-2H3,(H,22,24). The fourth-order valence-electron chi connectivity index (χ4n) is 2.43. The smallest absolute Gasteiger partial charge is 0.253 e. The van der Waals surface area contributed by atoms with Crippen LogP contribution in [0.1, 0.15) is 29.8 Å². The number of amides is 2. The number of benzene rings is 2. The molecule has 0 aliphatic heterocycles. The van der Waals surface area contributed by atoms with Gasteiger partial charge in [0, 0.05) is 24.3 Å². The Bertz CT molecular complexity index is 757. The van der Waals surface area contributed by atoms with E-state index in [1.807, 2.05) is 13.8 Å². The van der Waals surface area contributed by atoms with E-state index in [4.69, 9.17) is 23.2 Å². The van der Waals surface area contributed by atoms with Crippen molar-refractivity contribution in [3.8, 4) is 0 Å². The third-order valence-electron chi connectivity index (χ3n) is 3.81. The van der Waals surface area contributed by atoms with Crippen LogP contribution in [0.2, 0.25) is 10.0 Å². The van der Waals surface area contributed by atoms with Crippen molar-refractivity contribution < 1.29 is 9.59 Å². The highest BCUT2D eigenvalue weighted by Crippen LogP contribution is 2.23. The van der Waals surface area contributed by atoms with E-state index in [9.17, 15) is 9.59 Å². The largest absolute Gasteiger partial charge is 0.339 e. The number of rotatable bonds is 6. The quantitative estimate of drug-likeness (QED) is 0.794. The molecule has 25 heavy (non-hydrogen) atoms. The molecule has 0 aliphatic rings. The summed E-state index contributed by atoms with van der Waals surface area (Å²) in [5, 5.41) is 3.69. The van der Waals surface area contributed by atoms with Gasteiger partial charge in [-0.25, -0.2) is 0 Å². The lowest BCUT2D eigenvalue weighted by atomic mass is 10.1. The molecule has 0 spiro atoms. The van der Waals surface area contributed by atoms with Crippen molar-refractivity contribution in [3.05, 3.63) is 63.6 Å². The molecule has 0 unspecified atom stereocenters. The first-order valence-corrected chi connectivity index (χ1v) is 8.83. The van der Waals surface area contributed by atoms with Gasteiger partial charge in [0.05, 0.1) is 16.5 Å². The van der Waals surface area contributed by atoms with Gasteiger partial charge in [-0.15, -0.1) is 0 Å². The van der Waals surface area contributed by atoms with Crippen molar-refractivity contribution in [2.45, 2.75) is 20.3 Å². The van der Waals surface area contributed by atoms with E-state index in [0.717, 1.165) is 5.56 Å². The van der Waals surface area contributed by atoms with Crippen LogP contribution in [0, 0.1) is 0 Å². The third kappa shape index (κ3) is 5.21. The van der Waals surface area contributed by atoms with E-state index in [0.29, 0.717) is 34.4 Å². The average molecular weight is 379 g/mol. The molecule has 0 atom stereocenters. The summed E-state index contributed by atoms with van der Waals surface area (Å²) in [6.07, 6.45) is 0.191. The maximum absolute atomic E-state index is 12.3. The summed E-state index contributed by atoms with van der Waals surface area (Å²) in [7, 11) is 0. The Morgan fingerprint density at radius 3 is 2.16 bits per heavy atom. The zero-order valence-electron chi connectivity index (χ0n) is 14.2.